The zero-order chi connectivity index (χ0) is 9.84. The molecule has 0 fully saturated rings. The fourth-order valence-corrected chi connectivity index (χ4v) is 1.11. The predicted octanol–water partition coefficient (Wildman–Crippen LogP) is 1.47. The van der Waals surface area contributed by atoms with E-state index in [0.29, 0.717) is 0 Å². The van der Waals surface area contributed by atoms with Crippen LogP contribution in [-0.4, -0.2) is 18.2 Å². The molecule has 0 aliphatic heterocycles. The maximum atomic E-state index is 12.5. The molecule has 72 valence electrons. The number of benzene rings is 1. The quantitative estimate of drug-likeness (QED) is 0.743. The van der Waals surface area contributed by atoms with Crippen LogP contribution >= 0.6 is 0 Å². The second kappa shape index (κ2) is 4.35. The SMILES string of the molecule is CN[C@@H](C)[C@H](O)c1ccc(F)cc1. The van der Waals surface area contributed by atoms with Crippen LogP contribution in [-0.2, 0) is 0 Å². The lowest BCUT2D eigenvalue weighted by Crippen LogP contribution is -2.28. The minimum Gasteiger partial charge on any atom is -0.387 e. The average molecular weight is 183 g/mol. The summed E-state index contributed by atoms with van der Waals surface area (Å²) in [6.45, 7) is 1.87. The van der Waals surface area contributed by atoms with E-state index in [1.807, 2.05) is 6.92 Å². The summed E-state index contributed by atoms with van der Waals surface area (Å²) in [5.74, 6) is -0.284. The Balaban J connectivity index is 2.77. The number of rotatable bonds is 3. The Morgan fingerprint density at radius 3 is 2.31 bits per heavy atom. The van der Waals surface area contributed by atoms with Gasteiger partial charge >= 0.3 is 0 Å². The van der Waals surface area contributed by atoms with Gasteiger partial charge in [-0.15, -0.1) is 0 Å². The number of hydrogen-bond donors (Lipinski definition) is 2. The van der Waals surface area contributed by atoms with E-state index in [2.05, 4.69) is 5.32 Å². The van der Waals surface area contributed by atoms with E-state index >= 15 is 0 Å². The monoisotopic (exact) mass is 183 g/mol. The molecule has 1 aromatic rings. The summed E-state index contributed by atoms with van der Waals surface area (Å²) >= 11 is 0. The van der Waals surface area contributed by atoms with Gasteiger partial charge in [0.1, 0.15) is 5.82 Å². The third kappa shape index (κ3) is 2.50. The first-order valence-corrected chi connectivity index (χ1v) is 4.26. The highest BCUT2D eigenvalue weighted by Crippen LogP contribution is 2.16. The molecule has 2 atom stereocenters. The number of halogens is 1. The van der Waals surface area contributed by atoms with Crippen molar-refractivity contribution in [2.45, 2.75) is 19.1 Å². The second-order valence-electron chi connectivity index (χ2n) is 3.07. The van der Waals surface area contributed by atoms with Gasteiger partial charge in [0.15, 0.2) is 0 Å². The Hall–Kier alpha value is -0.930. The van der Waals surface area contributed by atoms with Crippen molar-refractivity contribution < 1.29 is 9.50 Å². The molecule has 0 saturated heterocycles. The van der Waals surface area contributed by atoms with Crippen molar-refractivity contribution in [1.82, 2.24) is 5.32 Å². The summed E-state index contributed by atoms with van der Waals surface area (Å²) in [7, 11) is 1.78. The highest BCUT2D eigenvalue weighted by molar-refractivity contribution is 5.19. The number of nitrogens with one attached hydrogen (secondary N) is 1. The molecule has 0 aromatic heterocycles. The molecule has 0 aliphatic rings. The van der Waals surface area contributed by atoms with Gasteiger partial charge in [-0.1, -0.05) is 12.1 Å². The van der Waals surface area contributed by atoms with E-state index in [1.165, 1.54) is 12.1 Å². The van der Waals surface area contributed by atoms with Crippen LogP contribution in [0.2, 0.25) is 0 Å². The molecule has 1 rings (SSSR count). The van der Waals surface area contributed by atoms with Crippen LogP contribution in [0.15, 0.2) is 24.3 Å². The molecule has 2 nitrogen and oxygen atoms in total. The Labute approximate surface area is 77.4 Å². The second-order valence-corrected chi connectivity index (χ2v) is 3.07. The zero-order valence-electron chi connectivity index (χ0n) is 7.79. The molecule has 0 radical (unpaired) electrons. The number of hydrogen-bond acceptors (Lipinski definition) is 2. The number of aliphatic hydroxyl groups is 1. The number of likely N-dealkylation sites (N-methyl/N-ethyl adjacent to an activating group) is 1. The van der Waals surface area contributed by atoms with Crippen molar-refractivity contribution in [3.05, 3.63) is 35.6 Å². The summed E-state index contributed by atoms with van der Waals surface area (Å²) < 4.78 is 12.5. The van der Waals surface area contributed by atoms with Gasteiger partial charge in [0.2, 0.25) is 0 Å². The number of aliphatic hydroxyl groups excluding tert-OH is 1. The van der Waals surface area contributed by atoms with Gasteiger partial charge in [0, 0.05) is 6.04 Å². The molecule has 0 bridgehead atoms. The van der Waals surface area contributed by atoms with E-state index in [0.717, 1.165) is 5.56 Å². The first kappa shape index (κ1) is 10.2. The lowest BCUT2D eigenvalue weighted by Gasteiger charge is -2.18. The molecule has 0 unspecified atom stereocenters. The summed E-state index contributed by atoms with van der Waals surface area (Å²) in [5, 5.41) is 12.6. The lowest BCUT2D eigenvalue weighted by atomic mass is 10.0. The Kier molecular flexibility index (Phi) is 3.39. The predicted molar refractivity (Wildman–Crippen MR) is 49.9 cm³/mol. The minimum atomic E-state index is -0.592. The van der Waals surface area contributed by atoms with Crippen LogP contribution in [0, 0.1) is 5.82 Å². The topological polar surface area (TPSA) is 32.3 Å². The van der Waals surface area contributed by atoms with Crippen molar-refractivity contribution >= 4 is 0 Å². The largest absolute Gasteiger partial charge is 0.387 e. The fraction of sp³-hybridized carbons (Fsp3) is 0.400. The molecule has 0 spiro atoms. The van der Waals surface area contributed by atoms with Gasteiger partial charge in [-0.25, -0.2) is 4.39 Å². The molecule has 0 aliphatic carbocycles. The normalized spacial score (nSPS) is 15.4. The van der Waals surface area contributed by atoms with Crippen molar-refractivity contribution in [2.24, 2.45) is 0 Å². The van der Waals surface area contributed by atoms with E-state index in [-0.39, 0.29) is 11.9 Å². The van der Waals surface area contributed by atoms with Crippen LogP contribution < -0.4 is 5.32 Å². The molecule has 1 aromatic carbocycles. The van der Waals surface area contributed by atoms with Gasteiger partial charge in [-0.3, -0.25) is 0 Å². The van der Waals surface area contributed by atoms with E-state index in [9.17, 15) is 9.50 Å². The first-order chi connectivity index (χ1) is 6.15. The minimum absolute atomic E-state index is 0.0366. The average Bonchev–Trinajstić information content (AvgIpc) is 2.17. The summed E-state index contributed by atoms with van der Waals surface area (Å²) in [5.41, 5.74) is 0.725. The molecule has 3 heteroatoms. The maximum absolute atomic E-state index is 12.5. The molecule has 0 saturated carbocycles. The summed E-state index contributed by atoms with van der Waals surface area (Å²) in [6, 6.07) is 5.84. The third-order valence-corrected chi connectivity index (χ3v) is 2.14. The molecule has 0 heterocycles. The lowest BCUT2D eigenvalue weighted by molar-refractivity contribution is 0.140. The Morgan fingerprint density at radius 1 is 1.31 bits per heavy atom. The van der Waals surface area contributed by atoms with Crippen LogP contribution in [0.25, 0.3) is 0 Å². The Bertz CT molecular complexity index is 260. The smallest absolute Gasteiger partial charge is 0.123 e. The van der Waals surface area contributed by atoms with Crippen LogP contribution in [0.3, 0.4) is 0 Å². The van der Waals surface area contributed by atoms with Crippen LogP contribution in [0.1, 0.15) is 18.6 Å². The fourth-order valence-electron chi connectivity index (χ4n) is 1.11. The van der Waals surface area contributed by atoms with E-state index < -0.39 is 6.10 Å². The van der Waals surface area contributed by atoms with Gasteiger partial charge in [-0.05, 0) is 31.7 Å². The highest BCUT2D eigenvalue weighted by atomic mass is 19.1. The Morgan fingerprint density at radius 2 is 1.85 bits per heavy atom. The van der Waals surface area contributed by atoms with Gasteiger partial charge in [0.05, 0.1) is 6.10 Å². The van der Waals surface area contributed by atoms with Gasteiger partial charge in [-0.2, -0.15) is 0 Å². The molecule has 0 amide bonds. The van der Waals surface area contributed by atoms with E-state index in [1.54, 1.807) is 19.2 Å². The van der Waals surface area contributed by atoms with E-state index in [4.69, 9.17) is 0 Å². The molecular weight excluding hydrogens is 169 g/mol. The maximum Gasteiger partial charge on any atom is 0.123 e. The zero-order valence-corrected chi connectivity index (χ0v) is 7.79. The standard InChI is InChI=1S/C10H14FNO/c1-7(12-2)10(13)8-3-5-9(11)6-4-8/h3-7,10,12-13H,1-2H3/t7-,10-/m0/s1. The molecule has 13 heavy (non-hydrogen) atoms. The molecular formula is C10H14FNO. The van der Waals surface area contributed by atoms with Crippen LogP contribution in [0.4, 0.5) is 4.39 Å². The van der Waals surface area contributed by atoms with Crippen molar-refractivity contribution in [3.63, 3.8) is 0 Å². The summed E-state index contributed by atoms with van der Waals surface area (Å²) in [6.07, 6.45) is -0.592. The third-order valence-electron chi connectivity index (χ3n) is 2.14. The van der Waals surface area contributed by atoms with Crippen molar-refractivity contribution in [3.8, 4) is 0 Å². The van der Waals surface area contributed by atoms with Crippen molar-refractivity contribution in [1.29, 1.82) is 0 Å². The van der Waals surface area contributed by atoms with Gasteiger partial charge < -0.3 is 10.4 Å². The van der Waals surface area contributed by atoms with Gasteiger partial charge in [0.25, 0.3) is 0 Å². The first-order valence-electron chi connectivity index (χ1n) is 4.26. The van der Waals surface area contributed by atoms with Crippen LogP contribution in [0.5, 0.6) is 0 Å². The van der Waals surface area contributed by atoms with Crippen molar-refractivity contribution in [2.75, 3.05) is 7.05 Å². The highest BCUT2D eigenvalue weighted by Gasteiger charge is 2.13. The summed E-state index contributed by atoms with van der Waals surface area (Å²) in [4.78, 5) is 0. The molecule has 2 N–H and O–H groups in total.